The van der Waals surface area contributed by atoms with E-state index in [0.717, 1.165) is 0 Å². The second-order valence-corrected chi connectivity index (χ2v) is 4.94. The van der Waals surface area contributed by atoms with Crippen molar-refractivity contribution in [1.82, 2.24) is 14.6 Å². The van der Waals surface area contributed by atoms with Gasteiger partial charge in [-0.2, -0.15) is 0 Å². The molecule has 2 aromatic rings. The second kappa shape index (κ2) is 4.67. The molecule has 0 aromatic carbocycles. The maximum atomic E-state index is 10.0. The highest BCUT2D eigenvalue weighted by atomic mass is 16.5. The first-order valence-corrected chi connectivity index (χ1v) is 6.29. The van der Waals surface area contributed by atoms with Gasteiger partial charge in [0, 0.05) is 6.20 Å². The van der Waals surface area contributed by atoms with Crippen LogP contribution in [0.5, 0.6) is 0 Å². The lowest BCUT2D eigenvalue weighted by Gasteiger charge is -2.38. The summed E-state index contributed by atoms with van der Waals surface area (Å²) in [5, 5.41) is 33.7. The lowest BCUT2D eigenvalue weighted by Crippen LogP contribution is -2.53. The molecule has 3 rings (SSSR count). The van der Waals surface area contributed by atoms with Gasteiger partial charge in [0.2, 0.25) is 0 Å². The van der Waals surface area contributed by atoms with E-state index in [0.29, 0.717) is 11.3 Å². The van der Waals surface area contributed by atoms with Crippen molar-refractivity contribution in [3.63, 3.8) is 0 Å². The molecule has 108 valence electrons. The fraction of sp³-hybridized carbons (Fsp3) is 0.500. The molecule has 0 bridgehead atoms. The number of nitrogens with two attached hydrogens (primary N) is 1. The van der Waals surface area contributed by atoms with Crippen LogP contribution in [-0.4, -0.2) is 54.3 Å². The second-order valence-electron chi connectivity index (χ2n) is 4.94. The molecule has 5 atom stereocenters. The van der Waals surface area contributed by atoms with Crippen LogP contribution >= 0.6 is 0 Å². The van der Waals surface area contributed by atoms with E-state index in [4.69, 9.17) is 10.5 Å². The Morgan fingerprint density at radius 3 is 2.70 bits per heavy atom. The van der Waals surface area contributed by atoms with Gasteiger partial charge < -0.3 is 25.8 Å². The predicted molar refractivity (Wildman–Crippen MR) is 68.7 cm³/mol. The molecule has 8 heteroatoms. The summed E-state index contributed by atoms with van der Waals surface area (Å²) in [5.74, 6) is 0.216. The number of aliphatic hydroxyl groups excluding tert-OH is 3. The van der Waals surface area contributed by atoms with Gasteiger partial charge in [0.1, 0.15) is 24.4 Å². The molecule has 0 radical (unpaired) electrons. The van der Waals surface area contributed by atoms with E-state index in [9.17, 15) is 15.3 Å². The van der Waals surface area contributed by atoms with Crippen LogP contribution < -0.4 is 5.73 Å². The third kappa shape index (κ3) is 1.93. The molecule has 1 aliphatic rings. The van der Waals surface area contributed by atoms with Crippen molar-refractivity contribution in [2.75, 3.05) is 5.73 Å². The first-order valence-electron chi connectivity index (χ1n) is 6.29. The van der Waals surface area contributed by atoms with Crippen LogP contribution in [0.1, 0.15) is 18.9 Å². The van der Waals surface area contributed by atoms with E-state index >= 15 is 0 Å². The molecule has 0 saturated carbocycles. The number of hydrogen-bond acceptors (Lipinski definition) is 7. The zero-order chi connectivity index (χ0) is 14.4. The molecule has 1 aliphatic heterocycles. The van der Waals surface area contributed by atoms with Gasteiger partial charge >= 0.3 is 0 Å². The van der Waals surface area contributed by atoms with Crippen LogP contribution in [0, 0.1) is 0 Å². The zero-order valence-corrected chi connectivity index (χ0v) is 10.8. The average Bonchev–Trinajstić information content (AvgIpc) is 2.86. The van der Waals surface area contributed by atoms with Crippen molar-refractivity contribution in [2.24, 2.45) is 0 Å². The Morgan fingerprint density at radius 2 is 2.00 bits per heavy atom. The molecule has 5 N–H and O–H groups in total. The summed E-state index contributed by atoms with van der Waals surface area (Å²) in [4.78, 5) is 4.23. The maximum absolute atomic E-state index is 10.0. The summed E-state index contributed by atoms with van der Waals surface area (Å²) < 4.78 is 6.97. The monoisotopic (exact) mass is 280 g/mol. The van der Waals surface area contributed by atoms with Crippen LogP contribution in [-0.2, 0) is 4.74 Å². The van der Waals surface area contributed by atoms with Crippen molar-refractivity contribution in [1.29, 1.82) is 0 Å². The molecular weight excluding hydrogens is 264 g/mol. The molecule has 8 nitrogen and oxygen atoms in total. The van der Waals surface area contributed by atoms with Crippen LogP contribution in [0.4, 0.5) is 5.69 Å². The van der Waals surface area contributed by atoms with Gasteiger partial charge in [0.15, 0.2) is 11.5 Å². The molecule has 20 heavy (non-hydrogen) atoms. The number of nitrogens with zero attached hydrogens (tertiary/aromatic N) is 3. The Labute approximate surface area is 114 Å². The summed E-state index contributed by atoms with van der Waals surface area (Å²) >= 11 is 0. The summed E-state index contributed by atoms with van der Waals surface area (Å²) in [6, 6.07) is 3.41. The van der Waals surface area contributed by atoms with E-state index in [2.05, 4.69) is 10.1 Å². The summed E-state index contributed by atoms with van der Waals surface area (Å²) in [6.07, 6.45) is -3.65. The Hall–Kier alpha value is -1.74. The molecule has 2 aromatic heterocycles. The van der Waals surface area contributed by atoms with E-state index < -0.39 is 30.5 Å². The van der Waals surface area contributed by atoms with Crippen molar-refractivity contribution in [2.45, 2.75) is 37.4 Å². The third-order valence-electron chi connectivity index (χ3n) is 3.52. The number of ether oxygens (including phenoxy) is 1. The van der Waals surface area contributed by atoms with Crippen LogP contribution in [0.2, 0.25) is 0 Å². The van der Waals surface area contributed by atoms with Gasteiger partial charge in [-0.3, -0.25) is 0 Å². The molecular formula is C12H16N4O4. The topological polar surface area (TPSA) is 126 Å². The first-order chi connectivity index (χ1) is 9.49. The largest absolute Gasteiger partial charge is 0.396 e. The molecule has 0 spiro atoms. The maximum Gasteiger partial charge on any atom is 0.183 e. The highest BCUT2D eigenvalue weighted by molar-refractivity contribution is 5.63. The fourth-order valence-electron chi connectivity index (χ4n) is 2.33. The molecule has 5 unspecified atom stereocenters. The standard InChI is InChI=1S/C12H16N4O4/c1-5-7(17)8(18)9(19)10(20-5)11-14-12-6(13)3-2-4-16(12)15-11/h2-5,7-10,17-19H,13H2,1H3. The number of nitrogen functional groups attached to an aromatic ring is 1. The van der Waals surface area contributed by atoms with Crippen molar-refractivity contribution in [3.8, 4) is 0 Å². The predicted octanol–water partition coefficient (Wildman–Crippen LogP) is -1.15. The van der Waals surface area contributed by atoms with Crippen LogP contribution in [0.15, 0.2) is 18.3 Å². The van der Waals surface area contributed by atoms with Crippen LogP contribution in [0.3, 0.4) is 0 Å². The van der Waals surface area contributed by atoms with E-state index in [1.807, 2.05) is 0 Å². The van der Waals surface area contributed by atoms with Crippen molar-refractivity contribution in [3.05, 3.63) is 24.2 Å². The molecule has 3 heterocycles. The zero-order valence-electron chi connectivity index (χ0n) is 10.8. The minimum Gasteiger partial charge on any atom is -0.396 e. The number of fused-ring (bicyclic) bond motifs is 1. The van der Waals surface area contributed by atoms with Gasteiger partial charge in [-0.25, -0.2) is 9.50 Å². The minimum absolute atomic E-state index is 0.216. The number of aliphatic hydroxyl groups is 3. The Kier molecular flexibility index (Phi) is 3.09. The molecule has 0 amide bonds. The third-order valence-corrected chi connectivity index (χ3v) is 3.52. The van der Waals surface area contributed by atoms with Gasteiger partial charge in [-0.1, -0.05) is 0 Å². The average molecular weight is 280 g/mol. The Bertz CT molecular complexity index is 631. The van der Waals surface area contributed by atoms with E-state index in [-0.39, 0.29) is 5.82 Å². The smallest absolute Gasteiger partial charge is 0.183 e. The number of aromatic nitrogens is 3. The van der Waals surface area contributed by atoms with Crippen molar-refractivity contribution < 1.29 is 20.1 Å². The summed E-state index contributed by atoms with van der Waals surface area (Å²) in [6.45, 7) is 1.61. The first kappa shape index (κ1) is 13.3. The number of anilines is 1. The highest BCUT2D eigenvalue weighted by Crippen LogP contribution is 2.31. The van der Waals surface area contributed by atoms with Crippen molar-refractivity contribution >= 4 is 11.3 Å². The summed E-state index contributed by atoms with van der Waals surface area (Å²) in [5.41, 5.74) is 6.69. The quantitative estimate of drug-likeness (QED) is 0.520. The van der Waals surface area contributed by atoms with Gasteiger partial charge in [0.25, 0.3) is 0 Å². The Morgan fingerprint density at radius 1 is 1.25 bits per heavy atom. The van der Waals surface area contributed by atoms with Gasteiger partial charge in [-0.05, 0) is 19.1 Å². The number of rotatable bonds is 1. The van der Waals surface area contributed by atoms with Gasteiger partial charge in [0.05, 0.1) is 11.8 Å². The number of pyridine rings is 1. The molecule has 1 saturated heterocycles. The fourth-order valence-corrected chi connectivity index (χ4v) is 2.33. The molecule has 1 fully saturated rings. The minimum atomic E-state index is -1.31. The highest BCUT2D eigenvalue weighted by Gasteiger charge is 2.44. The lowest BCUT2D eigenvalue weighted by molar-refractivity contribution is -0.221. The SMILES string of the molecule is CC1OC(c2nc3c(N)cccn3n2)C(O)C(O)C1O. The van der Waals surface area contributed by atoms with E-state index in [1.54, 1.807) is 25.3 Å². The normalized spacial score (nSPS) is 34.5. The molecule has 0 aliphatic carbocycles. The number of hydrogen-bond donors (Lipinski definition) is 4. The lowest BCUT2D eigenvalue weighted by atomic mass is 9.95. The van der Waals surface area contributed by atoms with E-state index in [1.165, 1.54) is 4.52 Å². The van der Waals surface area contributed by atoms with Gasteiger partial charge in [-0.15, -0.1) is 5.10 Å². The summed E-state index contributed by atoms with van der Waals surface area (Å²) in [7, 11) is 0. The Balaban J connectivity index is 2.00. The van der Waals surface area contributed by atoms with Crippen LogP contribution in [0.25, 0.3) is 5.65 Å².